The fourth-order valence-electron chi connectivity index (χ4n) is 2.17. The Morgan fingerprint density at radius 1 is 1.30 bits per heavy atom. The van der Waals surface area contributed by atoms with Crippen molar-refractivity contribution in [3.63, 3.8) is 0 Å². The van der Waals surface area contributed by atoms with E-state index in [2.05, 4.69) is 41.4 Å². The van der Waals surface area contributed by atoms with E-state index in [1.165, 1.54) is 5.56 Å². The lowest BCUT2D eigenvalue weighted by Crippen LogP contribution is -2.31. The zero-order valence-corrected chi connectivity index (χ0v) is 12.9. The third kappa shape index (κ3) is 3.82. The summed E-state index contributed by atoms with van der Waals surface area (Å²) in [6.07, 6.45) is 3.78. The molecule has 4 nitrogen and oxygen atoms in total. The second kappa shape index (κ2) is 6.88. The Balaban J connectivity index is 1.96. The van der Waals surface area contributed by atoms with E-state index in [0.29, 0.717) is 6.04 Å². The third-order valence-electron chi connectivity index (χ3n) is 3.42. The van der Waals surface area contributed by atoms with Gasteiger partial charge in [-0.05, 0) is 31.8 Å². The molecule has 0 saturated carbocycles. The number of benzene rings is 1. The van der Waals surface area contributed by atoms with E-state index in [1.54, 1.807) is 0 Å². The molecular weight excluding hydrogens is 272 g/mol. The van der Waals surface area contributed by atoms with Crippen LogP contribution >= 0.6 is 11.6 Å². The number of aromatic nitrogens is 2. The highest BCUT2D eigenvalue weighted by molar-refractivity contribution is 6.30. The first-order chi connectivity index (χ1) is 9.58. The summed E-state index contributed by atoms with van der Waals surface area (Å²) in [7, 11) is 6.18. The van der Waals surface area contributed by atoms with Crippen LogP contribution in [-0.4, -0.2) is 35.1 Å². The molecule has 0 aliphatic carbocycles. The molecule has 108 valence electrons. The molecule has 0 fully saturated rings. The fraction of sp³-hybridized carbons (Fsp3) is 0.400. The highest BCUT2D eigenvalue weighted by Crippen LogP contribution is 2.19. The molecule has 0 unspecified atom stereocenters. The average Bonchev–Trinajstić information content (AvgIpc) is 2.81. The van der Waals surface area contributed by atoms with Crippen molar-refractivity contribution in [3.8, 4) is 0 Å². The van der Waals surface area contributed by atoms with Crippen LogP contribution in [-0.2, 0) is 13.6 Å². The first-order valence-corrected chi connectivity index (χ1v) is 7.04. The van der Waals surface area contributed by atoms with Gasteiger partial charge in [-0.1, -0.05) is 23.7 Å². The topological polar surface area (TPSA) is 33.1 Å². The summed E-state index contributed by atoms with van der Waals surface area (Å²) in [5.74, 6) is 1.04. The van der Waals surface area contributed by atoms with E-state index in [-0.39, 0.29) is 0 Å². The molecule has 0 bridgehead atoms. The number of nitrogens with zero attached hydrogens (tertiary/aromatic N) is 3. The first kappa shape index (κ1) is 15.0. The lowest BCUT2D eigenvalue weighted by Gasteiger charge is -2.25. The van der Waals surface area contributed by atoms with E-state index >= 15 is 0 Å². The smallest absolute Gasteiger partial charge is 0.122 e. The molecule has 0 radical (unpaired) electrons. The summed E-state index contributed by atoms with van der Waals surface area (Å²) in [4.78, 5) is 6.51. The lowest BCUT2D eigenvalue weighted by molar-refractivity contribution is 0.287. The van der Waals surface area contributed by atoms with Gasteiger partial charge in [0.2, 0.25) is 0 Å². The number of aryl methyl sites for hydroxylation is 1. The summed E-state index contributed by atoms with van der Waals surface area (Å²) in [5.41, 5.74) is 1.26. The lowest BCUT2D eigenvalue weighted by atomic mass is 10.1. The maximum absolute atomic E-state index is 5.94. The standard InChI is InChI=1S/C15H21ClN4/c1-19(2)14(12-4-6-13(16)7-5-12)10-17-11-15-18-8-9-20(15)3/h4-9,14,17H,10-11H2,1-3H3/t14-/m1/s1. The Morgan fingerprint density at radius 3 is 2.55 bits per heavy atom. The van der Waals surface area contributed by atoms with Gasteiger partial charge in [-0.2, -0.15) is 0 Å². The molecule has 1 aromatic heterocycles. The van der Waals surface area contributed by atoms with Crippen LogP contribution < -0.4 is 5.32 Å². The van der Waals surface area contributed by atoms with Crippen LogP contribution in [0.3, 0.4) is 0 Å². The summed E-state index contributed by atoms with van der Waals surface area (Å²) >= 11 is 5.94. The van der Waals surface area contributed by atoms with Crippen molar-refractivity contribution in [1.82, 2.24) is 19.8 Å². The predicted octanol–water partition coefficient (Wildman–Crippen LogP) is 2.47. The molecule has 1 aromatic carbocycles. The molecule has 5 heteroatoms. The van der Waals surface area contributed by atoms with Crippen LogP contribution in [0.15, 0.2) is 36.7 Å². The molecule has 1 atom stereocenters. The van der Waals surface area contributed by atoms with Gasteiger partial charge in [-0.3, -0.25) is 0 Å². The third-order valence-corrected chi connectivity index (χ3v) is 3.67. The zero-order chi connectivity index (χ0) is 14.5. The fourth-order valence-corrected chi connectivity index (χ4v) is 2.30. The molecule has 2 aromatic rings. The van der Waals surface area contributed by atoms with Crippen molar-refractivity contribution in [3.05, 3.63) is 53.1 Å². The van der Waals surface area contributed by atoms with Crippen molar-refractivity contribution in [2.45, 2.75) is 12.6 Å². The zero-order valence-electron chi connectivity index (χ0n) is 12.2. The number of likely N-dealkylation sites (N-methyl/N-ethyl adjacent to an activating group) is 1. The molecule has 1 N–H and O–H groups in total. The Kier molecular flexibility index (Phi) is 5.17. The summed E-state index contributed by atoms with van der Waals surface area (Å²) in [6, 6.07) is 8.34. The van der Waals surface area contributed by atoms with Gasteiger partial charge in [0.15, 0.2) is 0 Å². The average molecular weight is 293 g/mol. The number of hydrogen-bond donors (Lipinski definition) is 1. The van der Waals surface area contributed by atoms with Gasteiger partial charge in [0.25, 0.3) is 0 Å². The highest BCUT2D eigenvalue weighted by atomic mass is 35.5. The van der Waals surface area contributed by atoms with E-state index in [1.807, 2.05) is 36.1 Å². The minimum atomic E-state index is 0.313. The summed E-state index contributed by atoms with van der Waals surface area (Å²) in [6.45, 7) is 1.63. The van der Waals surface area contributed by atoms with Gasteiger partial charge in [-0.15, -0.1) is 0 Å². The van der Waals surface area contributed by atoms with Crippen LogP contribution in [0, 0.1) is 0 Å². The van der Waals surface area contributed by atoms with Crippen molar-refractivity contribution in [2.24, 2.45) is 7.05 Å². The van der Waals surface area contributed by atoms with Crippen LogP contribution in [0.1, 0.15) is 17.4 Å². The number of halogens is 1. The van der Waals surface area contributed by atoms with Gasteiger partial charge in [0.05, 0.1) is 6.54 Å². The van der Waals surface area contributed by atoms with Crippen molar-refractivity contribution >= 4 is 11.6 Å². The molecule has 0 spiro atoms. The molecule has 0 amide bonds. The maximum Gasteiger partial charge on any atom is 0.122 e. The van der Waals surface area contributed by atoms with Crippen LogP contribution in [0.4, 0.5) is 0 Å². The van der Waals surface area contributed by atoms with E-state index in [4.69, 9.17) is 11.6 Å². The second-order valence-corrected chi connectivity index (χ2v) is 5.55. The maximum atomic E-state index is 5.94. The SMILES string of the molecule is CN(C)[C@H](CNCc1nccn1C)c1ccc(Cl)cc1. The number of rotatable bonds is 6. The van der Waals surface area contributed by atoms with Gasteiger partial charge in [-0.25, -0.2) is 4.98 Å². The van der Waals surface area contributed by atoms with Gasteiger partial charge in [0, 0.05) is 37.1 Å². The molecule has 0 saturated heterocycles. The second-order valence-electron chi connectivity index (χ2n) is 5.12. The van der Waals surface area contributed by atoms with Crippen LogP contribution in [0.5, 0.6) is 0 Å². The number of hydrogen-bond acceptors (Lipinski definition) is 3. The minimum Gasteiger partial charge on any atom is -0.337 e. The van der Waals surface area contributed by atoms with Gasteiger partial charge >= 0.3 is 0 Å². The van der Waals surface area contributed by atoms with Crippen molar-refractivity contribution in [1.29, 1.82) is 0 Å². The number of imidazole rings is 1. The summed E-state index contributed by atoms with van der Waals surface area (Å²) in [5, 5.41) is 4.24. The normalized spacial score (nSPS) is 12.8. The van der Waals surface area contributed by atoms with Crippen molar-refractivity contribution < 1.29 is 0 Å². The van der Waals surface area contributed by atoms with Crippen molar-refractivity contribution in [2.75, 3.05) is 20.6 Å². The largest absolute Gasteiger partial charge is 0.337 e. The van der Waals surface area contributed by atoms with E-state index in [9.17, 15) is 0 Å². The van der Waals surface area contributed by atoms with E-state index < -0.39 is 0 Å². The van der Waals surface area contributed by atoms with Crippen LogP contribution in [0.2, 0.25) is 5.02 Å². The first-order valence-electron chi connectivity index (χ1n) is 6.66. The number of nitrogens with one attached hydrogen (secondary N) is 1. The van der Waals surface area contributed by atoms with Gasteiger partial charge < -0.3 is 14.8 Å². The quantitative estimate of drug-likeness (QED) is 0.888. The monoisotopic (exact) mass is 292 g/mol. The Morgan fingerprint density at radius 2 is 2.00 bits per heavy atom. The Bertz CT molecular complexity index is 533. The predicted molar refractivity (Wildman–Crippen MR) is 82.8 cm³/mol. The molecule has 20 heavy (non-hydrogen) atoms. The highest BCUT2D eigenvalue weighted by Gasteiger charge is 2.13. The van der Waals surface area contributed by atoms with Crippen LogP contribution in [0.25, 0.3) is 0 Å². The summed E-state index contributed by atoms with van der Waals surface area (Å²) < 4.78 is 2.03. The minimum absolute atomic E-state index is 0.313. The Labute approximate surface area is 125 Å². The molecule has 0 aliphatic rings. The molecule has 1 heterocycles. The molecule has 2 rings (SSSR count). The molecular formula is C15H21ClN4. The van der Waals surface area contributed by atoms with E-state index in [0.717, 1.165) is 23.9 Å². The van der Waals surface area contributed by atoms with Gasteiger partial charge in [0.1, 0.15) is 5.82 Å². The molecule has 0 aliphatic heterocycles. The Hall–Kier alpha value is -1.36.